The van der Waals surface area contributed by atoms with Gasteiger partial charge in [-0.25, -0.2) is 0 Å². The van der Waals surface area contributed by atoms with Crippen molar-refractivity contribution >= 4 is 0 Å². The highest BCUT2D eigenvalue weighted by Crippen LogP contribution is 2.27. The summed E-state index contributed by atoms with van der Waals surface area (Å²) >= 11 is 0. The van der Waals surface area contributed by atoms with E-state index in [0.29, 0.717) is 0 Å². The van der Waals surface area contributed by atoms with Crippen LogP contribution in [-0.4, -0.2) is 0 Å². The molecule has 0 aromatic rings. The predicted octanol–water partition coefficient (Wildman–Crippen LogP) is 8.99. The van der Waals surface area contributed by atoms with Crippen LogP contribution in [0, 0.1) is 0 Å². The zero-order valence-corrected chi connectivity index (χ0v) is 17.0. The van der Waals surface area contributed by atoms with E-state index in [1.807, 2.05) is 11.1 Å². The highest BCUT2D eigenvalue weighted by Gasteiger charge is 2.07. The molecule has 0 saturated heterocycles. The van der Waals surface area contributed by atoms with Crippen molar-refractivity contribution in [2.75, 3.05) is 0 Å². The Balaban J connectivity index is 4.55. The molecule has 0 rings (SSSR count). The van der Waals surface area contributed by atoms with Crippen molar-refractivity contribution in [2.24, 2.45) is 0 Å². The minimum absolute atomic E-state index is 1.33. The summed E-state index contributed by atoms with van der Waals surface area (Å²) in [4.78, 5) is 0. The molecule has 0 fully saturated rings. The third kappa shape index (κ3) is 13.8. The smallest absolute Gasteiger partial charge is 0.0318 e. The lowest BCUT2D eigenvalue weighted by atomic mass is 9.90. The van der Waals surface area contributed by atoms with Gasteiger partial charge in [-0.15, -0.1) is 0 Å². The summed E-state index contributed by atoms with van der Waals surface area (Å²) in [5, 5.41) is 0. The van der Waals surface area contributed by atoms with Crippen molar-refractivity contribution in [3.63, 3.8) is 0 Å². The van der Waals surface area contributed by atoms with Crippen LogP contribution in [0.15, 0.2) is 11.1 Å². The van der Waals surface area contributed by atoms with Gasteiger partial charge in [-0.2, -0.15) is 0 Å². The van der Waals surface area contributed by atoms with Crippen LogP contribution in [-0.2, 0) is 0 Å². The molecule has 0 radical (unpaired) electrons. The quantitative estimate of drug-likeness (QED) is 0.185. The molecule has 0 bridgehead atoms. The standard InChI is InChI=1S/C23H46/c1-5-9-12-15-19-22(18-8-4)23(20-16-13-10-6-2)21-17-14-11-7-3/h5-21H2,1-4H3. The molecule has 0 unspecified atom stereocenters. The van der Waals surface area contributed by atoms with Crippen LogP contribution in [0.4, 0.5) is 0 Å². The fourth-order valence-corrected chi connectivity index (χ4v) is 3.55. The van der Waals surface area contributed by atoms with E-state index in [1.54, 1.807) is 0 Å². The fraction of sp³-hybridized carbons (Fsp3) is 0.913. The summed E-state index contributed by atoms with van der Waals surface area (Å²) in [5.74, 6) is 0. The van der Waals surface area contributed by atoms with Crippen LogP contribution in [0.25, 0.3) is 0 Å². The van der Waals surface area contributed by atoms with Crippen molar-refractivity contribution in [1.29, 1.82) is 0 Å². The second kappa shape index (κ2) is 18.1. The first-order valence-electron chi connectivity index (χ1n) is 11.0. The van der Waals surface area contributed by atoms with E-state index in [2.05, 4.69) is 27.7 Å². The Morgan fingerprint density at radius 1 is 0.348 bits per heavy atom. The van der Waals surface area contributed by atoms with E-state index in [9.17, 15) is 0 Å². The van der Waals surface area contributed by atoms with Crippen molar-refractivity contribution in [3.8, 4) is 0 Å². The summed E-state index contributed by atoms with van der Waals surface area (Å²) in [7, 11) is 0. The van der Waals surface area contributed by atoms with E-state index >= 15 is 0 Å². The number of unbranched alkanes of at least 4 members (excludes halogenated alkanes) is 9. The molecule has 0 heterocycles. The highest BCUT2D eigenvalue weighted by molar-refractivity contribution is 5.14. The maximum Gasteiger partial charge on any atom is -0.0318 e. The Bertz CT molecular complexity index is 247. The average Bonchev–Trinajstić information content (AvgIpc) is 2.56. The Morgan fingerprint density at radius 2 is 0.696 bits per heavy atom. The number of allylic oxidation sites excluding steroid dienone is 2. The van der Waals surface area contributed by atoms with E-state index in [0.717, 1.165) is 0 Å². The second-order valence-corrected chi connectivity index (χ2v) is 7.39. The van der Waals surface area contributed by atoms with Gasteiger partial charge in [0, 0.05) is 0 Å². The summed E-state index contributed by atoms with van der Waals surface area (Å²) in [6.07, 6.45) is 23.8. The van der Waals surface area contributed by atoms with Crippen LogP contribution in [0.5, 0.6) is 0 Å². The van der Waals surface area contributed by atoms with Gasteiger partial charge in [-0.1, -0.05) is 103 Å². The van der Waals surface area contributed by atoms with Gasteiger partial charge in [0.15, 0.2) is 0 Å². The monoisotopic (exact) mass is 322 g/mol. The van der Waals surface area contributed by atoms with Gasteiger partial charge in [0.05, 0.1) is 0 Å². The van der Waals surface area contributed by atoms with Crippen LogP contribution >= 0.6 is 0 Å². The molecule has 23 heavy (non-hydrogen) atoms. The van der Waals surface area contributed by atoms with Gasteiger partial charge >= 0.3 is 0 Å². The van der Waals surface area contributed by atoms with Gasteiger partial charge < -0.3 is 0 Å². The summed E-state index contributed by atoms with van der Waals surface area (Å²) in [5.41, 5.74) is 3.73. The normalized spacial score (nSPS) is 11.0. The molecule has 0 aromatic carbocycles. The Kier molecular flexibility index (Phi) is 17.9. The Labute approximate surface area is 148 Å². The lowest BCUT2D eigenvalue weighted by Gasteiger charge is -2.16. The van der Waals surface area contributed by atoms with Gasteiger partial charge in [-0.3, -0.25) is 0 Å². The highest BCUT2D eigenvalue weighted by atomic mass is 14.1. The van der Waals surface area contributed by atoms with Crippen LogP contribution in [0.1, 0.15) is 137 Å². The number of rotatable bonds is 17. The first-order valence-corrected chi connectivity index (χ1v) is 11.0. The lowest BCUT2D eigenvalue weighted by molar-refractivity contribution is 0.602. The SMILES string of the molecule is CCCCCCC(CCC)=C(CCCCCC)CCCCCC. The summed E-state index contributed by atoms with van der Waals surface area (Å²) in [6, 6.07) is 0. The average molecular weight is 323 g/mol. The van der Waals surface area contributed by atoms with E-state index in [-0.39, 0.29) is 0 Å². The van der Waals surface area contributed by atoms with Crippen molar-refractivity contribution in [2.45, 2.75) is 137 Å². The molecule has 0 atom stereocenters. The molecule has 0 N–H and O–H groups in total. The number of hydrogen-bond acceptors (Lipinski definition) is 0. The zero-order valence-electron chi connectivity index (χ0n) is 17.0. The van der Waals surface area contributed by atoms with E-state index in [4.69, 9.17) is 0 Å². The van der Waals surface area contributed by atoms with E-state index in [1.165, 1.54) is 109 Å². The van der Waals surface area contributed by atoms with Crippen molar-refractivity contribution in [1.82, 2.24) is 0 Å². The largest absolute Gasteiger partial charge is 0.0710 e. The molecule has 0 amide bonds. The third-order valence-corrected chi connectivity index (χ3v) is 5.05. The molecule has 0 spiro atoms. The molecular formula is C23H46. The first-order chi connectivity index (χ1) is 11.3. The Hall–Kier alpha value is -0.260. The van der Waals surface area contributed by atoms with Gasteiger partial charge in [0.25, 0.3) is 0 Å². The lowest BCUT2D eigenvalue weighted by Crippen LogP contribution is -1.96. The minimum Gasteiger partial charge on any atom is -0.0710 e. The minimum atomic E-state index is 1.33. The molecule has 0 heteroatoms. The third-order valence-electron chi connectivity index (χ3n) is 5.05. The zero-order chi connectivity index (χ0) is 17.2. The maximum absolute atomic E-state index is 2.36. The van der Waals surface area contributed by atoms with Gasteiger partial charge in [-0.05, 0) is 44.9 Å². The first kappa shape index (κ1) is 22.7. The number of hydrogen-bond donors (Lipinski definition) is 0. The molecule has 138 valence electrons. The van der Waals surface area contributed by atoms with Gasteiger partial charge in [0.2, 0.25) is 0 Å². The molecule has 0 aromatic heterocycles. The molecule has 0 saturated carbocycles. The van der Waals surface area contributed by atoms with Crippen LogP contribution in [0.2, 0.25) is 0 Å². The molecule has 0 aliphatic carbocycles. The topological polar surface area (TPSA) is 0 Å². The summed E-state index contributed by atoms with van der Waals surface area (Å²) < 4.78 is 0. The van der Waals surface area contributed by atoms with Gasteiger partial charge in [0.1, 0.15) is 0 Å². The molecule has 0 nitrogen and oxygen atoms in total. The van der Waals surface area contributed by atoms with Crippen LogP contribution < -0.4 is 0 Å². The molecule has 0 aliphatic rings. The Morgan fingerprint density at radius 3 is 1.00 bits per heavy atom. The molecule has 0 aliphatic heterocycles. The predicted molar refractivity (Wildman–Crippen MR) is 108 cm³/mol. The summed E-state index contributed by atoms with van der Waals surface area (Å²) in [6.45, 7) is 9.31. The fourth-order valence-electron chi connectivity index (χ4n) is 3.55. The van der Waals surface area contributed by atoms with Crippen molar-refractivity contribution in [3.05, 3.63) is 11.1 Å². The van der Waals surface area contributed by atoms with Crippen LogP contribution in [0.3, 0.4) is 0 Å². The maximum atomic E-state index is 2.36. The van der Waals surface area contributed by atoms with E-state index < -0.39 is 0 Å². The molecular weight excluding hydrogens is 276 g/mol. The van der Waals surface area contributed by atoms with Crippen molar-refractivity contribution < 1.29 is 0 Å². The second-order valence-electron chi connectivity index (χ2n) is 7.39.